The van der Waals surface area contributed by atoms with E-state index >= 15 is 0 Å². The van der Waals surface area contributed by atoms with E-state index in [1.54, 1.807) is 0 Å². The lowest BCUT2D eigenvalue weighted by atomic mass is 10.1. The summed E-state index contributed by atoms with van der Waals surface area (Å²) in [7, 11) is 0. The van der Waals surface area contributed by atoms with Crippen LogP contribution in [0.25, 0.3) is 17.0 Å². The SMILES string of the molecule is C/C=C/C=C=Cc1c(C)oc2ccccc12. The zero-order chi connectivity index (χ0) is 11.4. The van der Waals surface area contributed by atoms with Crippen LogP contribution in [0, 0.1) is 6.92 Å². The molecule has 0 saturated heterocycles. The van der Waals surface area contributed by atoms with Crippen molar-refractivity contribution in [3.8, 4) is 0 Å². The molecule has 1 aromatic carbocycles. The van der Waals surface area contributed by atoms with Crippen LogP contribution in [-0.2, 0) is 0 Å². The molecule has 0 aliphatic carbocycles. The van der Waals surface area contributed by atoms with E-state index in [0.717, 1.165) is 22.3 Å². The van der Waals surface area contributed by atoms with Gasteiger partial charge in [0.25, 0.3) is 0 Å². The Morgan fingerprint density at radius 1 is 1.25 bits per heavy atom. The number of hydrogen-bond donors (Lipinski definition) is 0. The Balaban J connectivity index is 2.51. The van der Waals surface area contributed by atoms with Crippen LogP contribution in [0.2, 0.25) is 0 Å². The molecule has 2 aromatic rings. The fourth-order valence-corrected chi connectivity index (χ4v) is 1.65. The summed E-state index contributed by atoms with van der Waals surface area (Å²) in [5.41, 5.74) is 5.16. The lowest BCUT2D eigenvalue weighted by Gasteiger charge is -1.87. The average molecular weight is 210 g/mol. The fraction of sp³-hybridized carbons (Fsp3) is 0.133. The van der Waals surface area contributed by atoms with Gasteiger partial charge in [-0.25, -0.2) is 0 Å². The summed E-state index contributed by atoms with van der Waals surface area (Å²) >= 11 is 0. The number of fused-ring (bicyclic) bond motifs is 1. The highest BCUT2D eigenvalue weighted by molar-refractivity contribution is 5.88. The van der Waals surface area contributed by atoms with E-state index in [4.69, 9.17) is 4.42 Å². The van der Waals surface area contributed by atoms with Gasteiger partial charge in [-0.05, 0) is 32.1 Å². The van der Waals surface area contributed by atoms with Crippen molar-refractivity contribution in [2.45, 2.75) is 13.8 Å². The zero-order valence-electron chi connectivity index (χ0n) is 9.53. The molecule has 0 spiro atoms. The molecule has 0 N–H and O–H groups in total. The first kappa shape index (κ1) is 10.5. The summed E-state index contributed by atoms with van der Waals surface area (Å²) in [4.78, 5) is 0. The van der Waals surface area contributed by atoms with Crippen molar-refractivity contribution in [3.05, 3.63) is 59.5 Å². The van der Waals surface area contributed by atoms with Gasteiger partial charge in [0, 0.05) is 10.9 Å². The molecule has 0 aliphatic rings. The molecule has 0 atom stereocenters. The second-order valence-corrected chi connectivity index (χ2v) is 3.57. The van der Waals surface area contributed by atoms with Crippen molar-refractivity contribution in [2.75, 3.05) is 0 Å². The van der Waals surface area contributed by atoms with E-state index in [2.05, 4.69) is 11.8 Å². The van der Waals surface area contributed by atoms with Crippen LogP contribution >= 0.6 is 0 Å². The molecule has 0 fully saturated rings. The Kier molecular flexibility index (Phi) is 3.09. The van der Waals surface area contributed by atoms with E-state index in [1.807, 2.05) is 56.4 Å². The fourth-order valence-electron chi connectivity index (χ4n) is 1.65. The molecule has 0 saturated carbocycles. The monoisotopic (exact) mass is 210 g/mol. The minimum atomic E-state index is 0.930. The number of rotatable bonds is 2. The molecule has 0 radical (unpaired) electrons. The maximum absolute atomic E-state index is 5.65. The Morgan fingerprint density at radius 2 is 2.06 bits per heavy atom. The highest BCUT2D eigenvalue weighted by Crippen LogP contribution is 2.25. The molecular weight excluding hydrogens is 196 g/mol. The summed E-state index contributed by atoms with van der Waals surface area (Å²) in [5.74, 6) is 0.933. The van der Waals surface area contributed by atoms with Gasteiger partial charge in [0.1, 0.15) is 11.3 Å². The van der Waals surface area contributed by atoms with Crippen molar-refractivity contribution < 1.29 is 4.42 Å². The Morgan fingerprint density at radius 3 is 2.88 bits per heavy atom. The van der Waals surface area contributed by atoms with Crippen LogP contribution in [0.1, 0.15) is 18.2 Å². The highest BCUT2D eigenvalue weighted by atomic mass is 16.3. The van der Waals surface area contributed by atoms with Gasteiger partial charge < -0.3 is 4.42 Å². The maximum Gasteiger partial charge on any atom is 0.134 e. The second-order valence-electron chi connectivity index (χ2n) is 3.57. The first-order chi connectivity index (χ1) is 7.83. The minimum absolute atomic E-state index is 0.930. The summed E-state index contributed by atoms with van der Waals surface area (Å²) in [6.07, 6.45) is 7.78. The van der Waals surface area contributed by atoms with Gasteiger partial charge in [0.05, 0.1) is 0 Å². The first-order valence-electron chi connectivity index (χ1n) is 5.35. The quantitative estimate of drug-likeness (QED) is 0.526. The van der Waals surface area contributed by atoms with Crippen molar-refractivity contribution in [1.82, 2.24) is 0 Å². The molecular formula is C15H14O. The Labute approximate surface area is 95.4 Å². The van der Waals surface area contributed by atoms with Gasteiger partial charge >= 0.3 is 0 Å². The number of benzene rings is 1. The molecule has 80 valence electrons. The average Bonchev–Trinajstić information content (AvgIpc) is 2.61. The van der Waals surface area contributed by atoms with Gasteiger partial charge in [-0.2, -0.15) is 0 Å². The molecule has 0 aliphatic heterocycles. The molecule has 16 heavy (non-hydrogen) atoms. The Bertz CT molecular complexity index is 579. The number of furan rings is 1. The summed E-state index contributed by atoms with van der Waals surface area (Å²) in [6.45, 7) is 3.96. The van der Waals surface area contributed by atoms with Gasteiger partial charge in [0.2, 0.25) is 0 Å². The Hall–Kier alpha value is -1.98. The molecule has 0 unspecified atom stereocenters. The number of hydrogen-bond acceptors (Lipinski definition) is 1. The van der Waals surface area contributed by atoms with Crippen molar-refractivity contribution >= 4 is 17.0 Å². The highest BCUT2D eigenvalue weighted by Gasteiger charge is 2.06. The predicted molar refractivity (Wildman–Crippen MR) is 68.3 cm³/mol. The second kappa shape index (κ2) is 4.69. The van der Waals surface area contributed by atoms with Gasteiger partial charge in [-0.1, -0.05) is 30.4 Å². The van der Waals surface area contributed by atoms with Gasteiger partial charge in [-0.15, -0.1) is 5.73 Å². The molecule has 0 amide bonds. The molecule has 1 aromatic heterocycles. The first-order valence-corrected chi connectivity index (χ1v) is 5.35. The van der Waals surface area contributed by atoms with Crippen molar-refractivity contribution in [1.29, 1.82) is 0 Å². The largest absolute Gasteiger partial charge is 0.461 e. The van der Waals surface area contributed by atoms with E-state index in [9.17, 15) is 0 Å². The molecule has 1 heterocycles. The minimum Gasteiger partial charge on any atom is -0.461 e. The molecule has 2 rings (SSSR count). The van der Waals surface area contributed by atoms with E-state index < -0.39 is 0 Å². The lowest BCUT2D eigenvalue weighted by molar-refractivity contribution is 0.577. The topological polar surface area (TPSA) is 13.1 Å². The van der Waals surface area contributed by atoms with Gasteiger partial charge in [0.15, 0.2) is 0 Å². The summed E-state index contributed by atoms with van der Waals surface area (Å²) < 4.78 is 5.65. The number of allylic oxidation sites excluding steroid dienone is 3. The van der Waals surface area contributed by atoms with Crippen molar-refractivity contribution in [2.24, 2.45) is 0 Å². The summed E-state index contributed by atoms with van der Waals surface area (Å²) in [5, 5.41) is 1.14. The predicted octanol–water partition coefficient (Wildman–Crippen LogP) is 4.49. The van der Waals surface area contributed by atoms with Crippen LogP contribution in [0.3, 0.4) is 0 Å². The van der Waals surface area contributed by atoms with Crippen molar-refractivity contribution in [3.63, 3.8) is 0 Å². The molecule has 1 nitrogen and oxygen atoms in total. The van der Waals surface area contributed by atoms with Crippen LogP contribution < -0.4 is 0 Å². The summed E-state index contributed by atoms with van der Waals surface area (Å²) in [6, 6.07) is 8.04. The zero-order valence-corrected chi connectivity index (χ0v) is 9.53. The number of aryl methyl sites for hydroxylation is 1. The van der Waals surface area contributed by atoms with Crippen LogP contribution in [0.5, 0.6) is 0 Å². The van der Waals surface area contributed by atoms with E-state index in [0.29, 0.717) is 0 Å². The maximum atomic E-state index is 5.65. The third kappa shape index (κ3) is 2.00. The third-order valence-corrected chi connectivity index (χ3v) is 2.43. The van der Waals surface area contributed by atoms with Gasteiger partial charge in [-0.3, -0.25) is 0 Å². The van der Waals surface area contributed by atoms with E-state index in [-0.39, 0.29) is 0 Å². The van der Waals surface area contributed by atoms with Crippen LogP contribution in [0.15, 0.2) is 52.6 Å². The van der Waals surface area contributed by atoms with Crippen LogP contribution in [-0.4, -0.2) is 0 Å². The third-order valence-electron chi connectivity index (χ3n) is 2.43. The standard InChI is InChI=1S/C15H14O/c1-3-4-5-6-9-13-12(2)16-15-11-8-7-10-14(13)15/h3-5,7-11H,1-2H3/b4-3+. The number of para-hydroxylation sites is 1. The smallest absolute Gasteiger partial charge is 0.134 e. The normalized spacial score (nSPS) is 10.6. The molecule has 0 bridgehead atoms. The molecule has 1 heteroatoms. The lowest BCUT2D eigenvalue weighted by Crippen LogP contribution is -1.70. The van der Waals surface area contributed by atoms with E-state index in [1.165, 1.54) is 0 Å². The van der Waals surface area contributed by atoms with Crippen LogP contribution in [0.4, 0.5) is 0 Å².